The fraction of sp³-hybridized carbons (Fsp3) is 0.143. The van der Waals surface area contributed by atoms with Gasteiger partial charge in [-0.25, -0.2) is 14.6 Å². The molecule has 1 fully saturated rings. The van der Waals surface area contributed by atoms with Crippen LogP contribution in [0.2, 0.25) is 0 Å². The maximum absolute atomic E-state index is 12.7. The summed E-state index contributed by atoms with van der Waals surface area (Å²) >= 11 is 4.55. The zero-order chi connectivity index (χ0) is 22.5. The van der Waals surface area contributed by atoms with Crippen LogP contribution in [0.1, 0.15) is 15.9 Å². The topological polar surface area (TPSA) is 106 Å². The lowest BCUT2D eigenvalue weighted by Gasteiger charge is -2.08. The number of methoxy groups -OCH3 is 1. The number of carboxylic acid groups (broad SMARTS) is 1. The molecule has 1 heterocycles. The summed E-state index contributed by atoms with van der Waals surface area (Å²) in [4.78, 5) is 41.4. The highest BCUT2D eigenvalue weighted by Crippen LogP contribution is 2.35. The Morgan fingerprint density at radius 3 is 2.58 bits per heavy atom. The first-order chi connectivity index (χ1) is 14.8. The molecule has 10 heteroatoms. The highest BCUT2D eigenvalue weighted by Gasteiger charge is 2.30. The van der Waals surface area contributed by atoms with Gasteiger partial charge in [0.25, 0.3) is 5.91 Å². The molecule has 0 atom stereocenters. The average molecular weight is 505 g/mol. The Balaban J connectivity index is 1.87. The summed E-state index contributed by atoms with van der Waals surface area (Å²) in [6.45, 7) is -0.493. The van der Waals surface area contributed by atoms with E-state index in [1.807, 2.05) is 0 Å². The summed E-state index contributed by atoms with van der Waals surface area (Å²) in [7, 11) is 2.92. The highest BCUT2D eigenvalue weighted by molar-refractivity contribution is 9.10. The van der Waals surface area contributed by atoms with Crippen molar-refractivity contribution in [2.45, 2.75) is 0 Å². The van der Waals surface area contributed by atoms with E-state index in [0.29, 0.717) is 32.6 Å². The number of halogens is 1. The molecular weight excluding hydrogens is 488 g/mol. The van der Waals surface area contributed by atoms with E-state index in [1.54, 1.807) is 55.6 Å². The van der Waals surface area contributed by atoms with Crippen LogP contribution in [0.25, 0.3) is 6.08 Å². The van der Waals surface area contributed by atoms with Crippen LogP contribution in [0, 0.1) is 0 Å². The molecule has 160 valence electrons. The number of amidine groups is 1. The van der Waals surface area contributed by atoms with Gasteiger partial charge in [0.1, 0.15) is 5.75 Å². The fourth-order valence-corrected chi connectivity index (χ4v) is 3.95. The molecule has 0 radical (unpaired) electrons. The van der Waals surface area contributed by atoms with Crippen molar-refractivity contribution in [3.63, 3.8) is 0 Å². The number of ether oxygens (including phenoxy) is 2. The Bertz CT molecular complexity index is 1100. The van der Waals surface area contributed by atoms with Crippen molar-refractivity contribution in [3.05, 3.63) is 63.0 Å². The Kier molecular flexibility index (Phi) is 7.13. The average Bonchev–Trinajstić information content (AvgIpc) is 3.00. The van der Waals surface area contributed by atoms with E-state index in [4.69, 9.17) is 9.84 Å². The van der Waals surface area contributed by atoms with Crippen molar-refractivity contribution in [2.75, 3.05) is 20.8 Å². The molecule has 0 aliphatic carbocycles. The van der Waals surface area contributed by atoms with Gasteiger partial charge in [-0.05, 0) is 60.3 Å². The van der Waals surface area contributed by atoms with Gasteiger partial charge in [0.05, 0.1) is 23.3 Å². The zero-order valence-electron chi connectivity index (χ0n) is 16.5. The molecule has 0 spiro atoms. The van der Waals surface area contributed by atoms with E-state index in [0.717, 1.165) is 4.47 Å². The van der Waals surface area contributed by atoms with Gasteiger partial charge in [-0.1, -0.05) is 15.9 Å². The molecule has 1 N–H and O–H groups in total. The van der Waals surface area contributed by atoms with Gasteiger partial charge in [-0.2, -0.15) is 0 Å². The molecule has 2 aromatic rings. The van der Waals surface area contributed by atoms with Crippen LogP contribution in [0.4, 0.5) is 5.69 Å². The molecule has 1 saturated heterocycles. The van der Waals surface area contributed by atoms with Crippen LogP contribution < -0.4 is 4.74 Å². The first kappa shape index (κ1) is 22.6. The molecule has 0 aromatic heterocycles. The van der Waals surface area contributed by atoms with Gasteiger partial charge in [-0.15, -0.1) is 0 Å². The predicted molar refractivity (Wildman–Crippen MR) is 120 cm³/mol. The number of carbonyl (C=O) groups excluding carboxylic acids is 2. The summed E-state index contributed by atoms with van der Waals surface area (Å²) < 4.78 is 10.8. The van der Waals surface area contributed by atoms with E-state index < -0.39 is 18.5 Å². The third-order valence-corrected chi connectivity index (χ3v) is 5.68. The molecule has 0 unspecified atom stereocenters. The van der Waals surface area contributed by atoms with Gasteiger partial charge in [0, 0.05) is 17.1 Å². The first-order valence-electron chi connectivity index (χ1n) is 8.87. The van der Waals surface area contributed by atoms with Crippen LogP contribution >= 0.6 is 27.7 Å². The molecule has 0 saturated carbocycles. The van der Waals surface area contributed by atoms with Crippen LogP contribution in [-0.4, -0.2) is 53.8 Å². The molecule has 1 aliphatic rings. The second kappa shape index (κ2) is 9.80. The van der Waals surface area contributed by atoms with E-state index in [9.17, 15) is 14.4 Å². The third-order valence-electron chi connectivity index (χ3n) is 4.13. The summed E-state index contributed by atoms with van der Waals surface area (Å²) in [5, 5.41) is 9.32. The largest absolute Gasteiger partial charge is 0.481 e. The van der Waals surface area contributed by atoms with Crippen molar-refractivity contribution in [2.24, 2.45) is 4.99 Å². The quantitative estimate of drug-likeness (QED) is 0.469. The molecule has 1 amide bonds. The Hall–Kier alpha value is -3.11. The summed E-state index contributed by atoms with van der Waals surface area (Å²) in [5.74, 6) is -1.45. The van der Waals surface area contributed by atoms with Gasteiger partial charge in [0.2, 0.25) is 0 Å². The van der Waals surface area contributed by atoms with E-state index >= 15 is 0 Å². The Morgan fingerprint density at radius 2 is 1.94 bits per heavy atom. The lowest BCUT2D eigenvalue weighted by molar-refractivity contribution is -0.139. The van der Waals surface area contributed by atoms with E-state index in [2.05, 4.69) is 25.7 Å². The standard InChI is InChI=1S/C21H17BrN2O6S/c1-24-19(27)17(10-13-9-14(22)5-8-16(13)30-11-18(25)26)31-21(24)23-15-6-3-12(4-7-15)20(28)29-2/h3-10H,11H2,1-2H3,(H,25,26)/b17-10-,23-21?. The molecule has 31 heavy (non-hydrogen) atoms. The van der Waals surface area contributed by atoms with Crippen molar-refractivity contribution in [1.82, 2.24) is 4.90 Å². The Morgan fingerprint density at radius 1 is 1.23 bits per heavy atom. The number of esters is 1. The normalized spacial score (nSPS) is 16.1. The van der Waals surface area contributed by atoms with Crippen LogP contribution in [0.15, 0.2) is 56.8 Å². The van der Waals surface area contributed by atoms with E-state index in [1.165, 1.54) is 23.8 Å². The molecule has 2 aromatic carbocycles. The van der Waals surface area contributed by atoms with Gasteiger partial charge >= 0.3 is 11.9 Å². The van der Waals surface area contributed by atoms with Crippen LogP contribution in [-0.2, 0) is 14.3 Å². The summed E-state index contributed by atoms with van der Waals surface area (Å²) in [5.41, 5.74) is 1.53. The number of thioether (sulfide) groups is 1. The second-order valence-corrected chi connectivity index (χ2v) is 8.20. The molecule has 0 bridgehead atoms. The highest BCUT2D eigenvalue weighted by atomic mass is 79.9. The SMILES string of the molecule is COC(=O)c1ccc(N=C2S/C(=C\c3cc(Br)ccc3OCC(=O)O)C(=O)N2C)cc1. The number of hydrogen-bond acceptors (Lipinski definition) is 7. The lowest BCUT2D eigenvalue weighted by Crippen LogP contribution is -2.23. The lowest BCUT2D eigenvalue weighted by atomic mass is 10.2. The number of nitrogens with zero attached hydrogens (tertiary/aromatic N) is 2. The maximum Gasteiger partial charge on any atom is 0.341 e. The number of carboxylic acids is 1. The third kappa shape index (κ3) is 5.53. The Labute approximate surface area is 190 Å². The van der Waals surface area contributed by atoms with Crippen molar-refractivity contribution < 1.29 is 29.0 Å². The smallest absolute Gasteiger partial charge is 0.341 e. The number of carbonyl (C=O) groups is 3. The fourth-order valence-electron chi connectivity index (χ4n) is 2.60. The first-order valence-corrected chi connectivity index (χ1v) is 10.5. The van der Waals surface area contributed by atoms with Crippen LogP contribution in [0.3, 0.4) is 0 Å². The van der Waals surface area contributed by atoms with Crippen LogP contribution in [0.5, 0.6) is 5.75 Å². The number of hydrogen-bond donors (Lipinski definition) is 1. The van der Waals surface area contributed by atoms with Crippen molar-refractivity contribution in [1.29, 1.82) is 0 Å². The van der Waals surface area contributed by atoms with Crippen molar-refractivity contribution >= 4 is 62.5 Å². The minimum absolute atomic E-state index is 0.251. The number of amides is 1. The number of aliphatic carboxylic acids is 1. The number of benzene rings is 2. The number of likely N-dealkylation sites (N-methyl/N-ethyl adjacent to an activating group) is 1. The van der Waals surface area contributed by atoms with Crippen molar-refractivity contribution in [3.8, 4) is 5.75 Å². The number of aliphatic imine (C=N–C) groups is 1. The minimum Gasteiger partial charge on any atom is -0.481 e. The summed E-state index contributed by atoms with van der Waals surface area (Å²) in [6, 6.07) is 11.6. The minimum atomic E-state index is -1.10. The second-order valence-electron chi connectivity index (χ2n) is 6.27. The molecule has 3 rings (SSSR count). The predicted octanol–water partition coefficient (Wildman–Crippen LogP) is 3.93. The van der Waals surface area contributed by atoms with Gasteiger partial charge in [-0.3, -0.25) is 9.69 Å². The summed E-state index contributed by atoms with van der Waals surface area (Å²) in [6.07, 6.45) is 1.63. The monoisotopic (exact) mass is 504 g/mol. The maximum atomic E-state index is 12.7. The van der Waals surface area contributed by atoms with E-state index in [-0.39, 0.29) is 5.91 Å². The molecule has 8 nitrogen and oxygen atoms in total. The van der Waals surface area contributed by atoms with Gasteiger partial charge < -0.3 is 14.6 Å². The van der Waals surface area contributed by atoms with Gasteiger partial charge in [0.15, 0.2) is 11.8 Å². The molecular formula is C21H17BrN2O6S. The molecule has 1 aliphatic heterocycles. The number of rotatable bonds is 6. The zero-order valence-corrected chi connectivity index (χ0v) is 18.9.